The van der Waals surface area contributed by atoms with Gasteiger partial charge in [-0.15, -0.1) is 0 Å². The van der Waals surface area contributed by atoms with Gasteiger partial charge in [0.05, 0.1) is 4.91 Å². The Labute approximate surface area is 231 Å². The molecule has 0 atom stereocenters. The molecular weight excluding hydrogens is 508 g/mol. The topological polar surface area (TPSA) is 75.7 Å². The molecule has 39 heavy (non-hydrogen) atoms. The number of ether oxygens (including phenoxy) is 1. The smallest absolute Gasteiger partial charge is 0.294 e. The van der Waals surface area contributed by atoms with Crippen LogP contribution < -0.4 is 10.1 Å². The van der Waals surface area contributed by atoms with Crippen LogP contribution in [0.1, 0.15) is 27.8 Å². The summed E-state index contributed by atoms with van der Waals surface area (Å²) in [5, 5.41) is 4.18. The number of thioether (sulfide) groups is 1. The molecule has 0 aliphatic carbocycles. The molecule has 1 heterocycles. The van der Waals surface area contributed by atoms with Crippen molar-refractivity contribution in [3.05, 3.63) is 112 Å². The van der Waals surface area contributed by atoms with Crippen molar-refractivity contribution >= 4 is 51.4 Å². The van der Waals surface area contributed by atoms with Gasteiger partial charge in [-0.3, -0.25) is 19.3 Å². The van der Waals surface area contributed by atoms with Crippen LogP contribution in [-0.4, -0.2) is 28.5 Å². The van der Waals surface area contributed by atoms with Crippen molar-refractivity contribution in [3.63, 3.8) is 0 Å². The lowest BCUT2D eigenvalue weighted by atomic mass is 10.0. The summed E-state index contributed by atoms with van der Waals surface area (Å²) in [6.45, 7) is 5.98. The van der Waals surface area contributed by atoms with Crippen LogP contribution in [0.2, 0.25) is 0 Å². The molecule has 4 aromatic rings. The number of aryl methyl sites for hydroxylation is 3. The van der Waals surface area contributed by atoms with Gasteiger partial charge in [-0.25, -0.2) is 0 Å². The number of hydrogen-bond acceptors (Lipinski definition) is 5. The number of anilines is 1. The molecule has 1 aliphatic heterocycles. The highest BCUT2D eigenvalue weighted by Gasteiger charge is 2.36. The number of carbonyl (C=O) groups is 3. The highest BCUT2D eigenvalue weighted by Crippen LogP contribution is 2.37. The number of fused-ring (bicyclic) bond motifs is 1. The molecule has 1 N–H and O–H groups in total. The maximum atomic E-state index is 13.3. The highest BCUT2D eigenvalue weighted by molar-refractivity contribution is 8.18. The molecule has 0 radical (unpaired) electrons. The SMILES string of the molecule is Cc1ccc(COc2ccc3ccccc3c2/C=C2/SC(=O)N(CC(=O)Nc3ccc(C)c(C)c3)C2=O)cc1. The van der Waals surface area contributed by atoms with E-state index in [0.717, 1.165) is 44.1 Å². The number of nitrogens with zero attached hydrogens (tertiary/aromatic N) is 1. The van der Waals surface area contributed by atoms with E-state index >= 15 is 0 Å². The first-order valence-electron chi connectivity index (χ1n) is 12.6. The van der Waals surface area contributed by atoms with E-state index in [4.69, 9.17) is 4.74 Å². The number of amides is 3. The Balaban J connectivity index is 1.39. The van der Waals surface area contributed by atoms with E-state index in [9.17, 15) is 14.4 Å². The fourth-order valence-electron chi connectivity index (χ4n) is 4.33. The molecular formula is C32H28N2O4S. The molecule has 0 spiro atoms. The van der Waals surface area contributed by atoms with E-state index in [1.54, 1.807) is 12.1 Å². The van der Waals surface area contributed by atoms with Gasteiger partial charge in [-0.2, -0.15) is 0 Å². The standard InChI is InChI=1S/C32H28N2O4S/c1-20-8-11-23(12-9-20)19-38-28-15-13-24-6-4-5-7-26(24)27(28)17-29-31(36)34(32(37)39-29)18-30(35)33-25-14-10-21(2)22(3)16-25/h4-17H,18-19H2,1-3H3,(H,33,35)/b29-17+. The van der Waals surface area contributed by atoms with Gasteiger partial charge in [-0.1, -0.05) is 66.2 Å². The van der Waals surface area contributed by atoms with Crippen LogP contribution in [-0.2, 0) is 16.2 Å². The summed E-state index contributed by atoms with van der Waals surface area (Å²) in [7, 11) is 0. The number of carbonyl (C=O) groups excluding carboxylic acids is 3. The lowest BCUT2D eigenvalue weighted by molar-refractivity contribution is -0.127. The molecule has 6 nitrogen and oxygen atoms in total. The molecule has 7 heteroatoms. The minimum Gasteiger partial charge on any atom is -0.488 e. The lowest BCUT2D eigenvalue weighted by Gasteiger charge is -2.14. The molecule has 1 saturated heterocycles. The quantitative estimate of drug-likeness (QED) is 0.257. The minimum atomic E-state index is -0.502. The fourth-order valence-corrected chi connectivity index (χ4v) is 5.15. The van der Waals surface area contributed by atoms with Gasteiger partial charge in [0.1, 0.15) is 18.9 Å². The zero-order valence-corrected chi connectivity index (χ0v) is 22.8. The van der Waals surface area contributed by atoms with Crippen molar-refractivity contribution in [2.75, 3.05) is 11.9 Å². The maximum absolute atomic E-state index is 13.3. The first-order chi connectivity index (χ1) is 18.8. The monoisotopic (exact) mass is 536 g/mol. The largest absolute Gasteiger partial charge is 0.488 e. The van der Waals surface area contributed by atoms with Crippen LogP contribution in [0.15, 0.2) is 83.8 Å². The second kappa shape index (κ2) is 11.2. The Morgan fingerprint density at radius 2 is 1.69 bits per heavy atom. The van der Waals surface area contributed by atoms with E-state index in [1.165, 1.54) is 5.56 Å². The Morgan fingerprint density at radius 3 is 2.46 bits per heavy atom. The molecule has 0 bridgehead atoms. The van der Waals surface area contributed by atoms with Crippen molar-refractivity contribution < 1.29 is 19.1 Å². The van der Waals surface area contributed by atoms with Gasteiger partial charge in [0.25, 0.3) is 11.1 Å². The van der Waals surface area contributed by atoms with Gasteiger partial charge < -0.3 is 10.1 Å². The summed E-state index contributed by atoms with van der Waals surface area (Å²) in [6.07, 6.45) is 1.69. The summed E-state index contributed by atoms with van der Waals surface area (Å²) in [4.78, 5) is 39.9. The molecule has 0 saturated carbocycles. The van der Waals surface area contributed by atoms with Gasteiger partial charge >= 0.3 is 0 Å². The van der Waals surface area contributed by atoms with Gasteiger partial charge in [0.2, 0.25) is 5.91 Å². The van der Waals surface area contributed by atoms with E-state index in [-0.39, 0.29) is 11.4 Å². The molecule has 4 aromatic carbocycles. The number of imide groups is 1. The predicted molar refractivity (Wildman–Crippen MR) is 157 cm³/mol. The molecule has 5 rings (SSSR count). The van der Waals surface area contributed by atoms with E-state index in [1.807, 2.05) is 93.6 Å². The second-order valence-electron chi connectivity index (χ2n) is 9.59. The Kier molecular flexibility index (Phi) is 7.52. The summed E-state index contributed by atoms with van der Waals surface area (Å²) in [5.74, 6) is -0.333. The molecule has 0 unspecified atom stereocenters. The fraction of sp³-hybridized carbons (Fsp3) is 0.156. The third-order valence-electron chi connectivity index (χ3n) is 6.69. The van der Waals surface area contributed by atoms with E-state index < -0.39 is 17.1 Å². The first kappa shape index (κ1) is 26.3. The zero-order valence-electron chi connectivity index (χ0n) is 22.0. The minimum absolute atomic E-state index is 0.246. The summed E-state index contributed by atoms with van der Waals surface area (Å²) < 4.78 is 6.19. The van der Waals surface area contributed by atoms with Crippen molar-refractivity contribution in [2.45, 2.75) is 27.4 Å². The average Bonchev–Trinajstić information content (AvgIpc) is 3.18. The Bertz CT molecular complexity index is 1630. The van der Waals surface area contributed by atoms with Crippen LogP contribution in [0.4, 0.5) is 10.5 Å². The van der Waals surface area contributed by atoms with Crippen LogP contribution in [0.25, 0.3) is 16.8 Å². The van der Waals surface area contributed by atoms with Crippen molar-refractivity contribution in [1.82, 2.24) is 4.90 Å². The van der Waals surface area contributed by atoms with E-state index in [2.05, 4.69) is 5.32 Å². The molecule has 196 valence electrons. The Morgan fingerprint density at radius 1 is 0.923 bits per heavy atom. The third-order valence-corrected chi connectivity index (χ3v) is 7.59. The highest BCUT2D eigenvalue weighted by atomic mass is 32.2. The molecule has 3 amide bonds. The number of nitrogens with one attached hydrogen (secondary N) is 1. The maximum Gasteiger partial charge on any atom is 0.294 e. The summed E-state index contributed by atoms with van der Waals surface area (Å²) in [6, 6.07) is 25.3. The number of benzene rings is 4. The molecule has 1 aliphatic rings. The summed E-state index contributed by atoms with van der Waals surface area (Å²) >= 11 is 0.826. The van der Waals surface area contributed by atoms with Crippen LogP contribution >= 0.6 is 11.8 Å². The van der Waals surface area contributed by atoms with E-state index in [0.29, 0.717) is 23.6 Å². The van der Waals surface area contributed by atoms with Crippen molar-refractivity contribution in [3.8, 4) is 5.75 Å². The van der Waals surface area contributed by atoms with Gasteiger partial charge in [0, 0.05) is 11.3 Å². The predicted octanol–water partition coefficient (Wildman–Crippen LogP) is 7.02. The lowest BCUT2D eigenvalue weighted by Crippen LogP contribution is -2.36. The molecule has 0 aromatic heterocycles. The van der Waals surface area contributed by atoms with Crippen molar-refractivity contribution in [1.29, 1.82) is 0 Å². The van der Waals surface area contributed by atoms with Crippen molar-refractivity contribution in [2.24, 2.45) is 0 Å². The van der Waals surface area contributed by atoms with Gasteiger partial charge in [0.15, 0.2) is 0 Å². The van der Waals surface area contributed by atoms with Gasteiger partial charge in [-0.05, 0) is 84.3 Å². The second-order valence-corrected chi connectivity index (χ2v) is 10.6. The molecule has 1 fully saturated rings. The normalized spacial score (nSPS) is 14.3. The Hall–Kier alpha value is -4.36. The third kappa shape index (κ3) is 5.89. The average molecular weight is 537 g/mol. The number of hydrogen-bond donors (Lipinski definition) is 1. The zero-order chi connectivity index (χ0) is 27.5. The first-order valence-corrected chi connectivity index (χ1v) is 13.4. The summed E-state index contributed by atoms with van der Waals surface area (Å²) in [5.41, 5.74) is 5.68. The van der Waals surface area contributed by atoms with Crippen LogP contribution in [0.5, 0.6) is 5.75 Å². The van der Waals surface area contributed by atoms with Crippen LogP contribution in [0.3, 0.4) is 0 Å². The number of rotatable bonds is 7. The van der Waals surface area contributed by atoms with Crippen LogP contribution in [0, 0.1) is 20.8 Å².